The van der Waals surface area contributed by atoms with Crippen molar-refractivity contribution in [3.63, 3.8) is 0 Å². The fourth-order valence-electron chi connectivity index (χ4n) is 3.28. The van der Waals surface area contributed by atoms with Crippen molar-refractivity contribution in [1.82, 2.24) is 0 Å². The molecule has 0 aromatic heterocycles. The number of Topliss-reactive ketones (excluding diaryl/α,β-unsaturated/α-hetero) is 1. The van der Waals surface area contributed by atoms with Crippen molar-refractivity contribution < 1.29 is 9.63 Å². The van der Waals surface area contributed by atoms with E-state index >= 15 is 0 Å². The lowest BCUT2D eigenvalue weighted by atomic mass is 9.77. The summed E-state index contributed by atoms with van der Waals surface area (Å²) in [4.78, 5) is 17.8. The molecule has 124 valence electrons. The van der Waals surface area contributed by atoms with Gasteiger partial charge >= 0.3 is 0 Å². The third-order valence-corrected chi connectivity index (χ3v) is 5.96. The van der Waals surface area contributed by atoms with Gasteiger partial charge in [0.05, 0.1) is 11.3 Å². The molecule has 22 heavy (non-hydrogen) atoms. The first-order chi connectivity index (χ1) is 10.7. The minimum atomic E-state index is 0.156. The predicted molar refractivity (Wildman–Crippen MR) is 94.6 cm³/mol. The molecule has 0 spiro atoms. The number of carbonyl (C=O) groups excluding carboxylic acids is 1. The number of oxime groups is 1. The third kappa shape index (κ3) is 4.51. The van der Waals surface area contributed by atoms with Crippen LogP contribution in [0.3, 0.4) is 0 Å². The van der Waals surface area contributed by atoms with Crippen LogP contribution in [0.15, 0.2) is 15.8 Å². The minimum Gasteiger partial charge on any atom is -0.396 e. The van der Waals surface area contributed by atoms with E-state index < -0.39 is 0 Å². The normalized spacial score (nSPS) is 27.2. The molecule has 0 saturated carbocycles. The Morgan fingerprint density at radius 3 is 2.77 bits per heavy atom. The molecule has 2 unspecified atom stereocenters. The summed E-state index contributed by atoms with van der Waals surface area (Å²) in [6.45, 7) is 4.47. The van der Waals surface area contributed by atoms with Crippen LogP contribution in [0.4, 0.5) is 0 Å². The van der Waals surface area contributed by atoms with Crippen LogP contribution in [-0.4, -0.2) is 29.6 Å². The average molecular weight is 344 g/mol. The zero-order valence-electron chi connectivity index (χ0n) is 13.6. The Labute approximate surface area is 142 Å². The molecule has 2 atom stereocenters. The van der Waals surface area contributed by atoms with E-state index in [1.807, 2.05) is 18.7 Å². The number of allylic oxidation sites excluding steroid dienone is 2. The molecule has 5 heteroatoms. The second-order valence-corrected chi connectivity index (χ2v) is 7.66. The highest BCUT2D eigenvalue weighted by molar-refractivity contribution is 7.99. The molecule has 1 aliphatic carbocycles. The summed E-state index contributed by atoms with van der Waals surface area (Å²) in [5.41, 5.74) is 1.37. The van der Waals surface area contributed by atoms with E-state index in [2.05, 4.69) is 12.1 Å². The van der Waals surface area contributed by atoms with Gasteiger partial charge in [-0.3, -0.25) is 4.79 Å². The Hall–Kier alpha value is -0.480. The van der Waals surface area contributed by atoms with Crippen molar-refractivity contribution in [3.05, 3.63) is 10.6 Å². The number of ketones is 1. The summed E-state index contributed by atoms with van der Waals surface area (Å²) >= 11 is 8.53. The molecular formula is C17H26ClNO2S. The lowest BCUT2D eigenvalue weighted by molar-refractivity contribution is -0.116. The number of nitrogens with zero attached hydrogens (tertiary/aromatic N) is 1. The number of halogens is 1. The van der Waals surface area contributed by atoms with Crippen molar-refractivity contribution in [2.75, 3.05) is 18.1 Å². The van der Waals surface area contributed by atoms with Gasteiger partial charge in [0.15, 0.2) is 5.78 Å². The van der Waals surface area contributed by atoms with E-state index in [9.17, 15) is 4.79 Å². The summed E-state index contributed by atoms with van der Waals surface area (Å²) in [6.07, 6.45) is 5.60. The number of thioether (sulfide) groups is 1. The van der Waals surface area contributed by atoms with Gasteiger partial charge in [0, 0.05) is 11.5 Å². The van der Waals surface area contributed by atoms with Crippen LogP contribution in [0.1, 0.15) is 52.4 Å². The zero-order chi connectivity index (χ0) is 15.9. The quantitative estimate of drug-likeness (QED) is 0.514. The van der Waals surface area contributed by atoms with Gasteiger partial charge in [-0.1, -0.05) is 30.1 Å². The summed E-state index contributed by atoms with van der Waals surface area (Å²) in [5.74, 6) is 3.63. The Kier molecular flexibility index (Phi) is 7.29. The smallest absolute Gasteiger partial charge is 0.166 e. The van der Waals surface area contributed by atoms with Crippen LogP contribution in [-0.2, 0) is 9.63 Å². The molecular weight excluding hydrogens is 318 g/mol. The molecule has 0 radical (unpaired) electrons. The van der Waals surface area contributed by atoms with Crippen LogP contribution < -0.4 is 0 Å². The van der Waals surface area contributed by atoms with Gasteiger partial charge in [0.25, 0.3) is 0 Å². The molecule has 2 rings (SSSR count). The Morgan fingerprint density at radius 1 is 1.36 bits per heavy atom. The van der Waals surface area contributed by atoms with Gasteiger partial charge in [-0.2, -0.15) is 11.8 Å². The molecule has 0 N–H and O–H groups in total. The summed E-state index contributed by atoms with van der Waals surface area (Å²) < 4.78 is 0. The highest BCUT2D eigenvalue weighted by Crippen LogP contribution is 2.39. The number of carbonyl (C=O) groups is 1. The first-order valence-electron chi connectivity index (χ1n) is 8.36. The SMILES string of the molecule is CCC/C(=N/OCC)C1=C(Cl)CC(C2CCCSC2)CC1=O. The topological polar surface area (TPSA) is 38.7 Å². The highest BCUT2D eigenvalue weighted by Gasteiger charge is 2.34. The molecule has 3 nitrogen and oxygen atoms in total. The van der Waals surface area contributed by atoms with Crippen molar-refractivity contribution in [2.24, 2.45) is 17.0 Å². The Bertz CT molecular complexity index is 456. The van der Waals surface area contributed by atoms with E-state index in [-0.39, 0.29) is 5.78 Å². The Morgan fingerprint density at radius 2 is 2.18 bits per heavy atom. The fourth-order valence-corrected chi connectivity index (χ4v) is 4.97. The van der Waals surface area contributed by atoms with Crippen molar-refractivity contribution in [3.8, 4) is 0 Å². The number of rotatable bonds is 6. The van der Waals surface area contributed by atoms with Gasteiger partial charge in [0.1, 0.15) is 6.61 Å². The van der Waals surface area contributed by atoms with E-state index in [0.717, 1.165) is 25.0 Å². The second kappa shape index (κ2) is 8.97. The van der Waals surface area contributed by atoms with E-state index in [1.165, 1.54) is 24.3 Å². The molecule has 0 aromatic carbocycles. The van der Waals surface area contributed by atoms with Crippen LogP contribution in [0.2, 0.25) is 0 Å². The van der Waals surface area contributed by atoms with E-state index in [4.69, 9.17) is 16.4 Å². The minimum absolute atomic E-state index is 0.156. The van der Waals surface area contributed by atoms with Crippen LogP contribution in [0, 0.1) is 11.8 Å². The molecule has 1 heterocycles. The van der Waals surface area contributed by atoms with Crippen molar-refractivity contribution in [1.29, 1.82) is 0 Å². The first kappa shape index (κ1) is 17.9. The monoisotopic (exact) mass is 343 g/mol. The third-order valence-electron chi connectivity index (χ3n) is 4.38. The molecule has 0 aromatic rings. The van der Waals surface area contributed by atoms with Crippen LogP contribution in [0.5, 0.6) is 0 Å². The molecule has 1 aliphatic heterocycles. The van der Waals surface area contributed by atoms with Crippen LogP contribution in [0.25, 0.3) is 0 Å². The summed E-state index contributed by atoms with van der Waals surface area (Å²) in [6, 6.07) is 0. The molecule has 2 aliphatic rings. The lowest BCUT2D eigenvalue weighted by Crippen LogP contribution is -2.30. The highest BCUT2D eigenvalue weighted by atomic mass is 35.5. The van der Waals surface area contributed by atoms with Gasteiger partial charge in [-0.05, 0) is 55.9 Å². The second-order valence-electron chi connectivity index (χ2n) is 6.05. The maximum atomic E-state index is 12.7. The molecule has 0 bridgehead atoms. The van der Waals surface area contributed by atoms with Gasteiger partial charge in [0.2, 0.25) is 0 Å². The summed E-state index contributed by atoms with van der Waals surface area (Å²) in [5, 5.41) is 4.84. The van der Waals surface area contributed by atoms with Gasteiger partial charge in [-0.15, -0.1) is 0 Å². The molecule has 1 saturated heterocycles. The predicted octanol–water partition coefficient (Wildman–Crippen LogP) is 4.79. The molecule has 1 fully saturated rings. The van der Waals surface area contributed by atoms with Crippen molar-refractivity contribution in [2.45, 2.75) is 52.4 Å². The van der Waals surface area contributed by atoms with E-state index in [1.54, 1.807) is 0 Å². The van der Waals surface area contributed by atoms with E-state index in [0.29, 0.717) is 35.5 Å². The standard InChI is InChI=1S/C17H26ClNO2S/c1-3-6-15(19-21-4-2)17-14(18)9-13(10-16(17)20)12-7-5-8-22-11-12/h12-13H,3-11H2,1-2H3/b19-15-. The fraction of sp³-hybridized carbons (Fsp3) is 0.765. The maximum absolute atomic E-state index is 12.7. The number of hydrogen-bond donors (Lipinski definition) is 0. The summed E-state index contributed by atoms with van der Waals surface area (Å²) in [7, 11) is 0. The average Bonchev–Trinajstić information content (AvgIpc) is 2.52. The molecule has 0 amide bonds. The van der Waals surface area contributed by atoms with Gasteiger partial charge in [-0.25, -0.2) is 0 Å². The number of hydrogen-bond acceptors (Lipinski definition) is 4. The lowest BCUT2D eigenvalue weighted by Gasteiger charge is -2.32. The van der Waals surface area contributed by atoms with Gasteiger partial charge < -0.3 is 4.84 Å². The largest absolute Gasteiger partial charge is 0.396 e. The van der Waals surface area contributed by atoms with Crippen LogP contribution >= 0.6 is 23.4 Å². The first-order valence-corrected chi connectivity index (χ1v) is 9.89. The maximum Gasteiger partial charge on any atom is 0.166 e. The van der Waals surface area contributed by atoms with Crippen molar-refractivity contribution >= 4 is 34.9 Å². The zero-order valence-corrected chi connectivity index (χ0v) is 15.1. The Balaban J connectivity index is 2.15.